The lowest BCUT2D eigenvalue weighted by molar-refractivity contribution is 0.262. The lowest BCUT2D eigenvalue weighted by Gasteiger charge is -2.30. The van der Waals surface area contributed by atoms with Crippen LogP contribution in [-0.2, 0) is 0 Å². The number of allylic oxidation sites excluding steroid dienone is 2. The third kappa shape index (κ3) is 2.25. The van der Waals surface area contributed by atoms with Gasteiger partial charge in [0, 0.05) is 24.4 Å². The normalized spacial score (nSPS) is 29.0. The molecule has 0 bridgehead atoms. The highest BCUT2D eigenvalue weighted by atomic mass is 32.1. The van der Waals surface area contributed by atoms with Gasteiger partial charge in [0.05, 0.1) is 0 Å². The Labute approximate surface area is 78.0 Å². The number of aliphatic hydroxyl groups excluding tert-OH is 1. The van der Waals surface area contributed by atoms with Crippen LogP contribution in [0.3, 0.4) is 0 Å². The van der Waals surface area contributed by atoms with E-state index in [0.29, 0.717) is 6.42 Å². The highest BCUT2D eigenvalue weighted by Crippen LogP contribution is 2.22. The topological polar surface area (TPSA) is 44.6 Å². The van der Waals surface area contributed by atoms with Crippen molar-refractivity contribution in [3.05, 3.63) is 11.8 Å². The zero-order chi connectivity index (χ0) is 9.19. The summed E-state index contributed by atoms with van der Waals surface area (Å²) in [6, 6.07) is 0. The Hall–Kier alpha value is -0.480. The van der Waals surface area contributed by atoms with Gasteiger partial charge in [0.25, 0.3) is 0 Å². The van der Waals surface area contributed by atoms with Gasteiger partial charge in [0.2, 0.25) is 0 Å². The summed E-state index contributed by atoms with van der Waals surface area (Å²) in [4.78, 5) is 3.67. The first kappa shape index (κ1) is 9.61. The quantitative estimate of drug-likeness (QED) is 0.561. The van der Waals surface area contributed by atoms with Crippen LogP contribution in [0.1, 0.15) is 20.3 Å². The minimum absolute atomic E-state index is 0.0839. The lowest BCUT2D eigenvalue weighted by Crippen LogP contribution is -2.40. The van der Waals surface area contributed by atoms with Crippen LogP contribution < -0.4 is 5.32 Å². The van der Waals surface area contributed by atoms with E-state index in [4.69, 9.17) is 5.11 Å². The van der Waals surface area contributed by atoms with Gasteiger partial charge < -0.3 is 10.4 Å². The van der Waals surface area contributed by atoms with Crippen molar-refractivity contribution in [1.82, 2.24) is 5.32 Å². The second-order valence-electron chi connectivity index (χ2n) is 3.00. The molecule has 1 rings (SSSR count). The highest BCUT2D eigenvalue weighted by Gasteiger charge is 2.25. The van der Waals surface area contributed by atoms with Crippen molar-refractivity contribution in [2.24, 2.45) is 4.99 Å². The molecule has 0 aliphatic carbocycles. The molecule has 1 aliphatic rings. The van der Waals surface area contributed by atoms with E-state index in [9.17, 15) is 0 Å². The predicted molar refractivity (Wildman–Crippen MR) is 53.4 cm³/mol. The highest BCUT2D eigenvalue weighted by molar-refractivity contribution is 7.81. The Bertz CT molecular complexity index is 237. The van der Waals surface area contributed by atoms with E-state index in [2.05, 4.69) is 22.9 Å². The third-order valence-electron chi connectivity index (χ3n) is 1.64. The van der Waals surface area contributed by atoms with Gasteiger partial charge >= 0.3 is 0 Å². The fraction of sp³-hybridized carbons (Fsp3) is 0.625. The molecule has 12 heavy (non-hydrogen) atoms. The fourth-order valence-corrected chi connectivity index (χ4v) is 1.73. The van der Waals surface area contributed by atoms with Gasteiger partial charge in [0.15, 0.2) is 4.99 Å². The molecular formula is C8H14N2OS. The molecule has 0 aromatic rings. The van der Waals surface area contributed by atoms with Gasteiger partial charge in [-0.3, -0.25) is 4.99 Å². The largest absolute Gasteiger partial charge is 0.396 e. The Morgan fingerprint density at radius 3 is 2.83 bits per heavy atom. The average Bonchev–Trinajstić information content (AvgIpc) is 1.82. The van der Waals surface area contributed by atoms with Crippen LogP contribution >= 0.6 is 12.6 Å². The van der Waals surface area contributed by atoms with Gasteiger partial charge in [0.1, 0.15) is 0 Å². The number of rotatable bonds is 2. The Morgan fingerprint density at radius 1 is 1.67 bits per heavy atom. The van der Waals surface area contributed by atoms with Crippen molar-refractivity contribution >= 4 is 18.3 Å². The standard InChI is InChI=1S/C8H14N2OS/c1-6-5-7(2)10-8(12,9-6)3-4-11/h5,9,11-12H,3-4H2,1-2H3. The minimum atomic E-state index is -0.613. The van der Waals surface area contributed by atoms with E-state index in [1.165, 1.54) is 0 Å². The SMILES string of the molecule is CC1=CC(C)=NC(S)(CCO)N1. The zero-order valence-electron chi connectivity index (χ0n) is 7.33. The molecule has 0 amide bonds. The first-order valence-electron chi connectivity index (χ1n) is 3.92. The fourth-order valence-electron chi connectivity index (χ4n) is 1.29. The molecule has 4 heteroatoms. The van der Waals surface area contributed by atoms with Crippen LogP contribution in [0.4, 0.5) is 0 Å². The first-order chi connectivity index (χ1) is 5.56. The van der Waals surface area contributed by atoms with Crippen LogP contribution in [0.5, 0.6) is 0 Å². The number of thiol groups is 1. The average molecular weight is 186 g/mol. The van der Waals surface area contributed by atoms with Crippen LogP contribution in [-0.4, -0.2) is 22.4 Å². The molecule has 0 aromatic heterocycles. The molecule has 0 aromatic carbocycles. The van der Waals surface area contributed by atoms with Crippen molar-refractivity contribution in [2.75, 3.05) is 6.61 Å². The molecule has 0 saturated carbocycles. The summed E-state index contributed by atoms with van der Waals surface area (Å²) >= 11 is 4.35. The summed E-state index contributed by atoms with van der Waals surface area (Å²) < 4.78 is 0. The third-order valence-corrected chi connectivity index (χ3v) is 2.08. The number of nitrogens with one attached hydrogen (secondary N) is 1. The van der Waals surface area contributed by atoms with E-state index >= 15 is 0 Å². The van der Waals surface area contributed by atoms with Crippen molar-refractivity contribution in [3.63, 3.8) is 0 Å². The van der Waals surface area contributed by atoms with E-state index in [-0.39, 0.29) is 6.61 Å². The maximum Gasteiger partial charge on any atom is 0.176 e. The number of aliphatic imine (C=N–C) groups is 1. The molecule has 2 N–H and O–H groups in total. The smallest absolute Gasteiger partial charge is 0.176 e. The van der Waals surface area contributed by atoms with Crippen molar-refractivity contribution in [2.45, 2.75) is 25.3 Å². The number of aliphatic hydroxyl groups is 1. The van der Waals surface area contributed by atoms with Gasteiger partial charge in [-0.25, -0.2) is 0 Å². The molecule has 0 saturated heterocycles. The maximum atomic E-state index is 8.78. The molecule has 1 atom stereocenters. The van der Waals surface area contributed by atoms with Crippen LogP contribution in [0.2, 0.25) is 0 Å². The summed E-state index contributed by atoms with van der Waals surface area (Å²) in [5.41, 5.74) is 1.97. The molecule has 0 fully saturated rings. The lowest BCUT2D eigenvalue weighted by atomic mass is 10.2. The molecule has 0 radical (unpaired) electrons. The molecule has 0 spiro atoms. The second-order valence-corrected chi connectivity index (χ2v) is 3.74. The Morgan fingerprint density at radius 2 is 2.33 bits per heavy atom. The summed E-state index contributed by atoms with van der Waals surface area (Å²) in [6.07, 6.45) is 2.46. The van der Waals surface area contributed by atoms with E-state index in [1.807, 2.05) is 19.9 Å². The molecule has 1 heterocycles. The Balaban J connectivity index is 2.77. The second kappa shape index (κ2) is 3.49. The molecule has 3 nitrogen and oxygen atoms in total. The van der Waals surface area contributed by atoms with Crippen LogP contribution in [0.15, 0.2) is 16.8 Å². The van der Waals surface area contributed by atoms with Crippen LogP contribution in [0.25, 0.3) is 0 Å². The Kier molecular flexibility index (Phi) is 2.80. The summed E-state index contributed by atoms with van der Waals surface area (Å²) in [7, 11) is 0. The van der Waals surface area contributed by atoms with Crippen molar-refractivity contribution < 1.29 is 5.11 Å². The number of nitrogens with zero attached hydrogens (tertiary/aromatic N) is 1. The molecule has 1 unspecified atom stereocenters. The zero-order valence-corrected chi connectivity index (χ0v) is 8.23. The minimum Gasteiger partial charge on any atom is -0.396 e. The van der Waals surface area contributed by atoms with E-state index < -0.39 is 4.99 Å². The molecule has 68 valence electrons. The van der Waals surface area contributed by atoms with Gasteiger partial charge in [-0.05, 0) is 19.9 Å². The van der Waals surface area contributed by atoms with E-state index in [1.54, 1.807) is 0 Å². The van der Waals surface area contributed by atoms with Gasteiger partial charge in [-0.1, -0.05) is 0 Å². The number of hydrogen-bond acceptors (Lipinski definition) is 4. The first-order valence-corrected chi connectivity index (χ1v) is 4.37. The predicted octanol–water partition coefficient (Wildman–Crippen LogP) is 0.920. The van der Waals surface area contributed by atoms with Crippen LogP contribution in [0, 0.1) is 0 Å². The molecular weight excluding hydrogens is 172 g/mol. The van der Waals surface area contributed by atoms with E-state index in [0.717, 1.165) is 11.4 Å². The molecule has 1 aliphatic heterocycles. The summed E-state index contributed by atoms with van der Waals surface area (Å²) in [5, 5.41) is 11.9. The van der Waals surface area contributed by atoms with Gasteiger partial charge in [-0.2, -0.15) is 0 Å². The summed E-state index contributed by atoms with van der Waals surface area (Å²) in [5.74, 6) is 0. The maximum absolute atomic E-state index is 8.78. The van der Waals surface area contributed by atoms with Crippen molar-refractivity contribution in [3.8, 4) is 0 Å². The number of hydrogen-bond donors (Lipinski definition) is 3. The monoisotopic (exact) mass is 186 g/mol. The van der Waals surface area contributed by atoms with Gasteiger partial charge in [-0.15, -0.1) is 12.6 Å². The van der Waals surface area contributed by atoms with Crippen molar-refractivity contribution in [1.29, 1.82) is 0 Å². The summed E-state index contributed by atoms with van der Waals surface area (Å²) in [6.45, 7) is 3.97.